The second-order valence-corrected chi connectivity index (χ2v) is 2.64. The molecule has 1 N–H and O–H groups in total. The molecule has 0 bridgehead atoms. The maximum Gasteiger partial charge on any atom is 0.231 e. The molecule has 0 fully saturated rings. The molecular weight excluding hydrogens is 172 g/mol. The number of aliphatic hydroxyl groups excluding tert-OH is 1. The van der Waals surface area contributed by atoms with E-state index in [-0.39, 0.29) is 13.4 Å². The van der Waals surface area contributed by atoms with E-state index >= 15 is 0 Å². The maximum absolute atomic E-state index is 9.10. The molecule has 0 unspecified atom stereocenters. The van der Waals surface area contributed by atoms with Crippen LogP contribution in [0.3, 0.4) is 0 Å². The predicted octanol–water partition coefficient (Wildman–Crippen LogP) is 0.916. The molecule has 2 rings (SSSR count). The van der Waals surface area contributed by atoms with E-state index in [1.807, 2.05) is 0 Å². The van der Waals surface area contributed by atoms with Crippen molar-refractivity contribution in [2.45, 2.75) is 6.61 Å². The number of rotatable bonds is 2. The quantitative estimate of drug-likeness (QED) is 0.738. The topological polar surface area (TPSA) is 47.9 Å². The van der Waals surface area contributed by atoms with Crippen LogP contribution in [0.4, 0.5) is 0 Å². The largest absolute Gasteiger partial charge is 0.496 e. The third kappa shape index (κ3) is 1.19. The number of benzene rings is 1. The molecule has 70 valence electrons. The summed E-state index contributed by atoms with van der Waals surface area (Å²) in [6.07, 6.45) is 0. The van der Waals surface area contributed by atoms with Crippen molar-refractivity contribution in [2.75, 3.05) is 13.9 Å². The summed E-state index contributed by atoms with van der Waals surface area (Å²) in [5, 5.41) is 9.10. The van der Waals surface area contributed by atoms with E-state index in [1.165, 1.54) is 0 Å². The lowest BCUT2D eigenvalue weighted by molar-refractivity contribution is 0.171. The van der Waals surface area contributed by atoms with Crippen molar-refractivity contribution < 1.29 is 19.3 Å². The number of hydrogen-bond donors (Lipinski definition) is 1. The molecule has 13 heavy (non-hydrogen) atoms. The van der Waals surface area contributed by atoms with Gasteiger partial charge in [-0.1, -0.05) is 0 Å². The van der Waals surface area contributed by atoms with Gasteiger partial charge in [-0.2, -0.15) is 0 Å². The van der Waals surface area contributed by atoms with Crippen molar-refractivity contribution in [1.29, 1.82) is 0 Å². The van der Waals surface area contributed by atoms with E-state index in [1.54, 1.807) is 19.2 Å². The van der Waals surface area contributed by atoms with Crippen molar-refractivity contribution in [3.05, 3.63) is 17.7 Å². The highest BCUT2D eigenvalue weighted by atomic mass is 16.7. The van der Waals surface area contributed by atoms with E-state index in [2.05, 4.69) is 0 Å². The first-order chi connectivity index (χ1) is 6.36. The first-order valence-corrected chi connectivity index (χ1v) is 3.93. The molecule has 0 saturated carbocycles. The Balaban J connectivity index is 2.53. The van der Waals surface area contributed by atoms with Crippen LogP contribution in [-0.2, 0) is 6.61 Å². The highest BCUT2D eigenvalue weighted by Gasteiger charge is 2.20. The Morgan fingerprint density at radius 3 is 3.00 bits per heavy atom. The molecular formula is C9H10O4. The van der Waals surface area contributed by atoms with Crippen LogP contribution in [0.2, 0.25) is 0 Å². The Bertz CT molecular complexity index is 322. The lowest BCUT2D eigenvalue weighted by atomic mass is 10.2. The fraction of sp³-hybridized carbons (Fsp3) is 0.333. The van der Waals surface area contributed by atoms with Gasteiger partial charge in [-0.05, 0) is 12.1 Å². The van der Waals surface area contributed by atoms with Crippen molar-refractivity contribution in [3.63, 3.8) is 0 Å². The van der Waals surface area contributed by atoms with Gasteiger partial charge in [-0.3, -0.25) is 0 Å². The zero-order valence-corrected chi connectivity index (χ0v) is 7.24. The number of fused-ring (bicyclic) bond motifs is 1. The smallest absolute Gasteiger partial charge is 0.231 e. The summed E-state index contributed by atoms with van der Waals surface area (Å²) in [6.45, 7) is 0.0885. The Kier molecular flexibility index (Phi) is 1.98. The third-order valence-corrected chi connectivity index (χ3v) is 1.98. The average Bonchev–Trinajstić information content (AvgIpc) is 2.63. The van der Waals surface area contributed by atoms with E-state index in [4.69, 9.17) is 19.3 Å². The van der Waals surface area contributed by atoms with Gasteiger partial charge >= 0.3 is 0 Å². The van der Waals surface area contributed by atoms with Gasteiger partial charge in [-0.15, -0.1) is 0 Å². The molecule has 4 nitrogen and oxygen atoms in total. The third-order valence-electron chi connectivity index (χ3n) is 1.98. The summed E-state index contributed by atoms with van der Waals surface area (Å²) >= 11 is 0. The van der Waals surface area contributed by atoms with Crippen molar-refractivity contribution >= 4 is 0 Å². The molecule has 0 aliphatic carbocycles. The summed E-state index contributed by atoms with van der Waals surface area (Å²) in [5.74, 6) is 1.86. The van der Waals surface area contributed by atoms with Crippen molar-refractivity contribution in [3.8, 4) is 17.2 Å². The zero-order valence-electron chi connectivity index (χ0n) is 7.24. The molecule has 1 heterocycles. The normalized spacial score (nSPS) is 13.1. The minimum atomic E-state index is -0.115. The van der Waals surface area contributed by atoms with E-state index in [0.29, 0.717) is 22.8 Å². The number of hydrogen-bond acceptors (Lipinski definition) is 4. The Morgan fingerprint density at radius 1 is 1.46 bits per heavy atom. The summed E-state index contributed by atoms with van der Waals surface area (Å²) in [7, 11) is 1.55. The molecule has 0 saturated heterocycles. The molecule has 1 aromatic carbocycles. The Hall–Kier alpha value is -1.42. The lowest BCUT2D eigenvalue weighted by Crippen LogP contribution is -1.96. The molecule has 0 amide bonds. The molecule has 0 radical (unpaired) electrons. The Labute approximate surface area is 75.7 Å². The van der Waals surface area contributed by atoms with Crippen LogP contribution in [0.25, 0.3) is 0 Å². The van der Waals surface area contributed by atoms with E-state index in [9.17, 15) is 0 Å². The summed E-state index contributed by atoms with van der Waals surface area (Å²) in [4.78, 5) is 0. The van der Waals surface area contributed by atoms with Crippen LogP contribution in [0, 0.1) is 0 Å². The molecule has 0 atom stereocenters. The molecule has 0 aromatic heterocycles. The average molecular weight is 182 g/mol. The maximum atomic E-state index is 9.10. The van der Waals surface area contributed by atoms with Gasteiger partial charge in [0.25, 0.3) is 0 Å². The van der Waals surface area contributed by atoms with Crippen LogP contribution in [0.15, 0.2) is 12.1 Å². The fourth-order valence-electron chi connectivity index (χ4n) is 1.35. The van der Waals surface area contributed by atoms with Gasteiger partial charge in [0.2, 0.25) is 6.79 Å². The van der Waals surface area contributed by atoms with Crippen LogP contribution < -0.4 is 14.2 Å². The minimum Gasteiger partial charge on any atom is -0.496 e. The van der Waals surface area contributed by atoms with Gasteiger partial charge in [-0.25, -0.2) is 0 Å². The van der Waals surface area contributed by atoms with E-state index in [0.717, 1.165) is 0 Å². The number of methoxy groups -OCH3 is 1. The second-order valence-electron chi connectivity index (χ2n) is 2.64. The van der Waals surface area contributed by atoms with Crippen molar-refractivity contribution in [2.24, 2.45) is 0 Å². The summed E-state index contributed by atoms with van der Waals surface area (Å²) in [5.41, 5.74) is 0.637. The minimum absolute atomic E-state index is 0.115. The highest BCUT2D eigenvalue weighted by Crippen LogP contribution is 2.40. The van der Waals surface area contributed by atoms with Crippen LogP contribution in [-0.4, -0.2) is 19.0 Å². The van der Waals surface area contributed by atoms with Crippen LogP contribution >= 0.6 is 0 Å². The van der Waals surface area contributed by atoms with E-state index < -0.39 is 0 Å². The molecule has 1 aliphatic heterocycles. The molecule has 1 aromatic rings. The molecule has 1 aliphatic rings. The van der Waals surface area contributed by atoms with Gasteiger partial charge < -0.3 is 19.3 Å². The molecule has 0 spiro atoms. The van der Waals surface area contributed by atoms with Gasteiger partial charge in [0.15, 0.2) is 11.5 Å². The summed E-state index contributed by atoms with van der Waals surface area (Å²) in [6, 6.07) is 3.51. The van der Waals surface area contributed by atoms with Crippen molar-refractivity contribution in [1.82, 2.24) is 0 Å². The SMILES string of the molecule is COc1ccc2c(c1CO)OCO2. The first-order valence-electron chi connectivity index (χ1n) is 3.93. The van der Waals surface area contributed by atoms with Gasteiger partial charge in [0.1, 0.15) is 5.75 Å². The lowest BCUT2D eigenvalue weighted by Gasteiger charge is -2.08. The second kappa shape index (κ2) is 3.14. The number of aliphatic hydroxyl groups is 1. The molecule has 4 heteroatoms. The summed E-state index contributed by atoms with van der Waals surface area (Å²) < 4.78 is 15.4. The highest BCUT2D eigenvalue weighted by molar-refractivity contribution is 5.54. The predicted molar refractivity (Wildman–Crippen MR) is 45.0 cm³/mol. The first kappa shape index (κ1) is 8.19. The standard InChI is InChI=1S/C9H10O4/c1-11-7-2-3-8-9(6(7)4-10)13-5-12-8/h2-3,10H,4-5H2,1H3. The van der Waals surface area contributed by atoms with Crippen LogP contribution in [0.1, 0.15) is 5.56 Å². The zero-order chi connectivity index (χ0) is 9.26. The fourth-order valence-corrected chi connectivity index (χ4v) is 1.35. The monoisotopic (exact) mass is 182 g/mol. The van der Waals surface area contributed by atoms with Gasteiger partial charge in [0, 0.05) is 0 Å². The van der Waals surface area contributed by atoms with Gasteiger partial charge in [0.05, 0.1) is 19.3 Å². The number of ether oxygens (including phenoxy) is 3. The van der Waals surface area contributed by atoms with Crippen LogP contribution in [0.5, 0.6) is 17.2 Å². The Morgan fingerprint density at radius 2 is 2.31 bits per heavy atom.